The van der Waals surface area contributed by atoms with Crippen LogP contribution >= 0.6 is 11.3 Å². The second-order valence-corrected chi connectivity index (χ2v) is 13.2. The average Bonchev–Trinajstić information content (AvgIpc) is 3.70. The summed E-state index contributed by atoms with van der Waals surface area (Å²) in [5.41, 5.74) is 6.35. The fraction of sp³-hybridized carbons (Fsp3) is 0.522. The van der Waals surface area contributed by atoms with Gasteiger partial charge in [-0.1, -0.05) is 11.3 Å². The maximum atomic E-state index is 13.4. The van der Waals surface area contributed by atoms with Crippen LogP contribution in [0, 0.1) is 18.8 Å². The molecular weight excluding hydrogens is 476 g/mol. The Morgan fingerprint density at radius 2 is 1.85 bits per heavy atom. The number of hydrogen-bond donors (Lipinski definition) is 2. The molecule has 2 aliphatic carbocycles. The van der Waals surface area contributed by atoms with E-state index in [2.05, 4.69) is 4.98 Å². The van der Waals surface area contributed by atoms with Crippen LogP contribution in [0.1, 0.15) is 50.2 Å². The molecule has 2 saturated carbocycles. The largest absolute Gasteiger partial charge is 0.495 e. The van der Waals surface area contributed by atoms with Crippen molar-refractivity contribution in [3.8, 4) is 17.0 Å². The predicted octanol–water partition coefficient (Wildman–Crippen LogP) is 2.82. The molecule has 0 aliphatic heterocycles. The number of imidazole rings is 1. The summed E-state index contributed by atoms with van der Waals surface area (Å²) in [6, 6.07) is 4.76. The number of carbonyl (C=O) groups is 1. The lowest BCUT2D eigenvalue weighted by molar-refractivity contribution is -0.119. The number of benzene rings is 1. The van der Waals surface area contributed by atoms with Crippen LogP contribution in [0.15, 0.2) is 23.1 Å². The highest BCUT2D eigenvalue weighted by Gasteiger charge is 2.56. The van der Waals surface area contributed by atoms with Crippen LogP contribution in [0.25, 0.3) is 16.2 Å². The van der Waals surface area contributed by atoms with Gasteiger partial charge < -0.3 is 15.6 Å². The first-order valence-electron chi connectivity index (χ1n) is 11.2. The molecule has 3 N–H and O–H groups in total. The molecule has 2 aromatic heterocycles. The van der Waals surface area contributed by atoms with Crippen molar-refractivity contribution >= 4 is 32.0 Å². The highest BCUT2D eigenvalue weighted by molar-refractivity contribution is 7.93. The summed E-state index contributed by atoms with van der Waals surface area (Å²) in [5.74, 6) is -0.373. The van der Waals surface area contributed by atoms with Gasteiger partial charge in [0.15, 0.2) is 9.84 Å². The maximum Gasteiger partial charge on any atom is 0.238 e. The summed E-state index contributed by atoms with van der Waals surface area (Å²) < 4.78 is 32.0. The topological polar surface area (TPSA) is 137 Å². The van der Waals surface area contributed by atoms with E-state index in [0.29, 0.717) is 26.9 Å². The van der Waals surface area contributed by atoms with E-state index < -0.39 is 26.1 Å². The molecule has 1 amide bonds. The molecule has 0 spiro atoms. The van der Waals surface area contributed by atoms with Gasteiger partial charge in [-0.15, -0.1) is 0 Å². The van der Waals surface area contributed by atoms with Gasteiger partial charge in [-0.3, -0.25) is 4.79 Å². The minimum Gasteiger partial charge on any atom is -0.495 e. The van der Waals surface area contributed by atoms with E-state index in [9.17, 15) is 18.3 Å². The minimum absolute atomic E-state index is 0.118. The van der Waals surface area contributed by atoms with E-state index >= 15 is 0 Å². The molecule has 0 radical (unpaired) electrons. The van der Waals surface area contributed by atoms with E-state index in [1.54, 1.807) is 16.6 Å². The summed E-state index contributed by atoms with van der Waals surface area (Å²) >= 11 is 1.38. The highest BCUT2D eigenvalue weighted by Crippen LogP contribution is 2.58. The molecule has 1 aromatic carbocycles. The zero-order valence-corrected chi connectivity index (χ0v) is 21.2. The first-order chi connectivity index (χ1) is 15.9. The Kier molecular flexibility index (Phi) is 5.13. The Bertz CT molecular complexity index is 1400. The molecule has 3 aromatic rings. The fourth-order valence-electron chi connectivity index (χ4n) is 4.51. The third-order valence-corrected chi connectivity index (χ3v) is 10.6. The molecule has 2 fully saturated rings. The predicted molar refractivity (Wildman–Crippen MR) is 127 cm³/mol. The summed E-state index contributed by atoms with van der Waals surface area (Å²) in [6.07, 6.45) is 3.98. The molecule has 0 bridgehead atoms. The Labute approximate surface area is 201 Å². The van der Waals surface area contributed by atoms with Gasteiger partial charge in [0.05, 0.1) is 18.5 Å². The van der Waals surface area contributed by atoms with Crippen molar-refractivity contribution in [1.82, 2.24) is 14.6 Å². The van der Waals surface area contributed by atoms with Crippen molar-refractivity contribution in [1.29, 1.82) is 0 Å². The summed E-state index contributed by atoms with van der Waals surface area (Å²) in [6.45, 7) is 4.39. The summed E-state index contributed by atoms with van der Waals surface area (Å²) in [5, 5.41) is 17.0. The molecular formula is C23H28N4O5S2. The van der Waals surface area contributed by atoms with Crippen molar-refractivity contribution in [2.24, 2.45) is 17.6 Å². The number of carbonyl (C=O) groups excluding carboxylic acids is 1. The van der Waals surface area contributed by atoms with Crippen molar-refractivity contribution in [2.45, 2.75) is 61.7 Å². The second-order valence-electron chi connectivity index (χ2n) is 9.76. The van der Waals surface area contributed by atoms with E-state index in [1.165, 1.54) is 38.4 Å². The van der Waals surface area contributed by atoms with Gasteiger partial charge in [0.2, 0.25) is 10.9 Å². The molecule has 5 rings (SSSR count). The van der Waals surface area contributed by atoms with E-state index in [0.717, 1.165) is 25.7 Å². The number of methoxy groups -OCH3 is 1. The number of hydrogen-bond acceptors (Lipinski definition) is 8. The molecule has 34 heavy (non-hydrogen) atoms. The molecule has 11 heteroatoms. The third kappa shape index (κ3) is 3.28. The number of sulfone groups is 1. The lowest BCUT2D eigenvalue weighted by Gasteiger charge is -2.25. The number of primary amides is 1. The van der Waals surface area contributed by atoms with Crippen molar-refractivity contribution < 1.29 is 23.1 Å². The van der Waals surface area contributed by atoms with E-state index in [1.807, 2.05) is 6.92 Å². The SMILES string of the molecule is COc1ccc(-c2c(C)nc3sc(C(O)(C4CC4)C4CC4)nn23)cc1S(=O)(=O)C(C)(C)C(N)=O. The van der Waals surface area contributed by atoms with Crippen LogP contribution in [0.2, 0.25) is 0 Å². The normalized spacial score (nSPS) is 17.3. The summed E-state index contributed by atoms with van der Waals surface area (Å²) in [7, 11) is -2.80. The van der Waals surface area contributed by atoms with E-state index in [4.69, 9.17) is 15.6 Å². The molecule has 182 valence electrons. The van der Waals surface area contributed by atoms with Crippen molar-refractivity contribution in [2.75, 3.05) is 7.11 Å². The summed E-state index contributed by atoms with van der Waals surface area (Å²) in [4.78, 5) is 17.1. The number of fused-ring (bicyclic) bond motifs is 1. The number of aromatic nitrogens is 3. The lowest BCUT2D eigenvalue weighted by atomic mass is 9.93. The number of nitrogens with zero attached hydrogens (tertiary/aromatic N) is 3. The molecule has 9 nitrogen and oxygen atoms in total. The van der Waals surface area contributed by atoms with E-state index in [-0.39, 0.29) is 22.5 Å². The van der Waals surface area contributed by atoms with Crippen LogP contribution in [-0.4, -0.2) is 45.9 Å². The average molecular weight is 505 g/mol. The zero-order chi connectivity index (χ0) is 24.6. The van der Waals surface area contributed by atoms with Crippen molar-refractivity contribution in [3.63, 3.8) is 0 Å². The van der Waals surface area contributed by atoms with Gasteiger partial charge in [0, 0.05) is 5.56 Å². The number of aliphatic hydroxyl groups is 1. The fourth-order valence-corrected chi connectivity index (χ4v) is 7.22. The monoisotopic (exact) mass is 504 g/mol. The maximum absolute atomic E-state index is 13.4. The second kappa shape index (κ2) is 7.50. The molecule has 2 heterocycles. The Morgan fingerprint density at radius 1 is 1.24 bits per heavy atom. The Balaban J connectivity index is 1.66. The van der Waals surface area contributed by atoms with Crippen LogP contribution in [0.3, 0.4) is 0 Å². The lowest BCUT2D eigenvalue weighted by Crippen LogP contribution is -2.45. The molecule has 2 aliphatic rings. The zero-order valence-electron chi connectivity index (χ0n) is 19.5. The Morgan fingerprint density at radius 3 is 2.38 bits per heavy atom. The van der Waals surface area contributed by atoms with Crippen LogP contribution < -0.4 is 10.5 Å². The molecule has 0 atom stereocenters. The quantitative estimate of drug-likeness (QED) is 0.481. The molecule has 0 unspecified atom stereocenters. The highest BCUT2D eigenvalue weighted by atomic mass is 32.2. The van der Waals surface area contributed by atoms with Crippen molar-refractivity contribution in [3.05, 3.63) is 28.9 Å². The van der Waals surface area contributed by atoms with Crippen LogP contribution in [-0.2, 0) is 20.2 Å². The first kappa shape index (κ1) is 23.3. The number of nitrogens with two attached hydrogens (primary N) is 1. The van der Waals surface area contributed by atoms with Gasteiger partial charge in [-0.25, -0.2) is 17.9 Å². The number of aryl methyl sites for hydroxylation is 1. The minimum atomic E-state index is -4.17. The first-order valence-corrected chi connectivity index (χ1v) is 13.5. The standard InChI is InChI=1S/C23H28N4O5S2/c1-12-18(13-5-10-16(32-4)17(11-13)34(30,31)22(2,3)19(24)28)27-21(25-12)33-20(26-27)23(29,14-6-7-14)15-8-9-15/h5,10-11,14-15,29H,6-9H2,1-4H3,(H2,24,28). The Hall–Kier alpha value is -2.50. The van der Waals surface area contributed by atoms with Crippen LogP contribution in [0.4, 0.5) is 0 Å². The third-order valence-electron chi connectivity index (χ3n) is 7.11. The number of ether oxygens (including phenoxy) is 1. The van der Waals surface area contributed by atoms with Gasteiger partial charge >= 0.3 is 0 Å². The van der Waals surface area contributed by atoms with Gasteiger partial charge in [-0.05, 0) is 76.5 Å². The molecule has 0 saturated heterocycles. The van der Waals surface area contributed by atoms with Crippen LogP contribution in [0.5, 0.6) is 5.75 Å². The number of rotatable bonds is 8. The number of amides is 1. The smallest absolute Gasteiger partial charge is 0.238 e. The van der Waals surface area contributed by atoms with Gasteiger partial charge in [-0.2, -0.15) is 5.10 Å². The van der Waals surface area contributed by atoms with Gasteiger partial charge in [0.1, 0.15) is 26.0 Å². The van der Waals surface area contributed by atoms with Gasteiger partial charge in [0.25, 0.3) is 0 Å².